The minimum atomic E-state index is -0.659. The fourth-order valence-corrected chi connectivity index (χ4v) is 1.60. The van der Waals surface area contributed by atoms with E-state index in [1.807, 2.05) is 18.2 Å². The number of nitrogens with one attached hydrogen (secondary N) is 2. The quantitative estimate of drug-likeness (QED) is 0.562. The Labute approximate surface area is 118 Å². The summed E-state index contributed by atoms with van der Waals surface area (Å²) in [5.41, 5.74) is 0.815. The molecular weight excluding hydrogens is 260 g/mol. The molecule has 0 unspecified atom stereocenters. The Balaban J connectivity index is 2.37. The van der Waals surface area contributed by atoms with Crippen molar-refractivity contribution in [3.05, 3.63) is 29.8 Å². The lowest BCUT2D eigenvalue weighted by Gasteiger charge is -2.09. The number of carbonyl (C=O) groups is 2. The molecule has 20 heavy (non-hydrogen) atoms. The maximum absolute atomic E-state index is 11.6. The topological polar surface area (TPSA) is 76.7 Å². The van der Waals surface area contributed by atoms with Crippen molar-refractivity contribution in [2.24, 2.45) is 0 Å². The summed E-state index contributed by atoms with van der Waals surface area (Å²) in [6.07, 6.45) is 0.669. The van der Waals surface area contributed by atoms with Gasteiger partial charge in [0.15, 0.2) is 0 Å². The number of ether oxygens (including phenoxy) is 2. The Morgan fingerprint density at radius 3 is 2.50 bits per heavy atom. The van der Waals surface area contributed by atoms with Gasteiger partial charge in [0.05, 0.1) is 7.11 Å². The van der Waals surface area contributed by atoms with Crippen LogP contribution in [-0.2, 0) is 20.9 Å². The molecule has 110 valence electrons. The van der Waals surface area contributed by atoms with Gasteiger partial charge < -0.3 is 20.1 Å². The molecule has 0 aliphatic rings. The normalized spacial score (nSPS) is 9.90. The van der Waals surface area contributed by atoms with Crippen molar-refractivity contribution in [3.8, 4) is 5.75 Å². The second-order valence-electron chi connectivity index (χ2n) is 4.10. The van der Waals surface area contributed by atoms with Gasteiger partial charge in [-0.05, 0) is 12.5 Å². The van der Waals surface area contributed by atoms with Crippen LogP contribution in [0.15, 0.2) is 24.3 Å². The zero-order chi connectivity index (χ0) is 14.8. The SMILES string of the molecule is COCCCNC(=O)C(=O)NCc1ccccc1OC. The first-order chi connectivity index (χ1) is 9.69. The van der Waals surface area contributed by atoms with Crippen LogP contribution in [-0.4, -0.2) is 39.2 Å². The monoisotopic (exact) mass is 280 g/mol. The van der Waals surface area contributed by atoms with Crippen LogP contribution < -0.4 is 15.4 Å². The van der Waals surface area contributed by atoms with E-state index in [4.69, 9.17) is 9.47 Å². The molecule has 0 atom stereocenters. The minimum absolute atomic E-state index is 0.244. The van der Waals surface area contributed by atoms with Gasteiger partial charge in [-0.2, -0.15) is 0 Å². The summed E-state index contributed by atoms with van der Waals surface area (Å²) in [5, 5.41) is 5.07. The molecule has 0 bridgehead atoms. The van der Waals surface area contributed by atoms with Gasteiger partial charge in [0, 0.05) is 32.4 Å². The number of carbonyl (C=O) groups excluding carboxylic acids is 2. The summed E-state index contributed by atoms with van der Waals surface area (Å²) >= 11 is 0. The number of amides is 2. The molecule has 0 saturated heterocycles. The van der Waals surface area contributed by atoms with Crippen molar-refractivity contribution < 1.29 is 19.1 Å². The molecule has 0 radical (unpaired) electrons. The highest BCUT2D eigenvalue weighted by atomic mass is 16.5. The zero-order valence-electron chi connectivity index (χ0n) is 11.8. The molecule has 0 spiro atoms. The molecule has 0 fully saturated rings. The number of hydrogen-bond donors (Lipinski definition) is 2. The molecule has 0 aliphatic heterocycles. The highest BCUT2D eigenvalue weighted by Crippen LogP contribution is 2.16. The van der Waals surface area contributed by atoms with Crippen molar-refractivity contribution in [1.29, 1.82) is 0 Å². The summed E-state index contributed by atoms with van der Waals surface area (Å²) in [6, 6.07) is 7.31. The van der Waals surface area contributed by atoms with Gasteiger partial charge in [0.25, 0.3) is 0 Å². The van der Waals surface area contributed by atoms with Gasteiger partial charge in [-0.3, -0.25) is 9.59 Å². The van der Waals surface area contributed by atoms with E-state index in [2.05, 4.69) is 10.6 Å². The van der Waals surface area contributed by atoms with Gasteiger partial charge in [-0.15, -0.1) is 0 Å². The second kappa shape index (κ2) is 8.92. The fourth-order valence-electron chi connectivity index (χ4n) is 1.60. The molecule has 6 heteroatoms. The smallest absolute Gasteiger partial charge is 0.309 e. The lowest BCUT2D eigenvalue weighted by atomic mass is 10.2. The lowest BCUT2D eigenvalue weighted by Crippen LogP contribution is -2.40. The van der Waals surface area contributed by atoms with E-state index in [0.29, 0.717) is 25.3 Å². The third kappa shape index (κ3) is 5.27. The first-order valence-electron chi connectivity index (χ1n) is 6.36. The zero-order valence-corrected chi connectivity index (χ0v) is 11.8. The summed E-state index contributed by atoms with van der Waals surface area (Å²) in [5.74, 6) is -0.627. The Morgan fingerprint density at radius 1 is 1.10 bits per heavy atom. The Kier molecular flexibility index (Phi) is 7.13. The highest BCUT2D eigenvalue weighted by Gasteiger charge is 2.13. The van der Waals surface area contributed by atoms with E-state index in [9.17, 15) is 9.59 Å². The molecule has 2 N–H and O–H groups in total. The highest BCUT2D eigenvalue weighted by molar-refractivity contribution is 6.35. The maximum atomic E-state index is 11.6. The molecule has 0 heterocycles. The maximum Gasteiger partial charge on any atom is 0.309 e. The van der Waals surface area contributed by atoms with Crippen LogP contribution in [0.1, 0.15) is 12.0 Å². The summed E-state index contributed by atoms with van der Waals surface area (Å²) in [4.78, 5) is 23.1. The van der Waals surface area contributed by atoms with Crippen molar-refractivity contribution in [2.75, 3.05) is 27.4 Å². The van der Waals surface area contributed by atoms with E-state index in [1.165, 1.54) is 0 Å². The molecular formula is C14H20N2O4. The van der Waals surface area contributed by atoms with E-state index in [1.54, 1.807) is 20.3 Å². The van der Waals surface area contributed by atoms with E-state index in [0.717, 1.165) is 5.56 Å². The summed E-state index contributed by atoms with van der Waals surface area (Å²) in [6.45, 7) is 1.20. The average Bonchev–Trinajstić information content (AvgIpc) is 2.49. The van der Waals surface area contributed by atoms with Crippen molar-refractivity contribution >= 4 is 11.8 Å². The number of para-hydroxylation sites is 1. The van der Waals surface area contributed by atoms with E-state index in [-0.39, 0.29) is 6.54 Å². The lowest BCUT2D eigenvalue weighted by molar-refractivity contribution is -0.139. The Hall–Kier alpha value is -2.08. The minimum Gasteiger partial charge on any atom is -0.496 e. The number of rotatable bonds is 7. The van der Waals surface area contributed by atoms with Crippen molar-refractivity contribution in [1.82, 2.24) is 10.6 Å². The molecule has 0 saturated carbocycles. The average molecular weight is 280 g/mol. The van der Waals surface area contributed by atoms with E-state index < -0.39 is 11.8 Å². The van der Waals surface area contributed by atoms with Gasteiger partial charge >= 0.3 is 11.8 Å². The standard InChI is InChI=1S/C14H20N2O4/c1-19-9-5-8-15-13(17)14(18)16-10-11-6-3-4-7-12(11)20-2/h3-4,6-7H,5,8-10H2,1-2H3,(H,15,17)(H,16,18). The molecule has 1 aromatic rings. The molecule has 1 rings (SSSR count). The van der Waals surface area contributed by atoms with Gasteiger partial charge in [0.2, 0.25) is 0 Å². The Bertz CT molecular complexity index is 449. The summed E-state index contributed by atoms with van der Waals surface area (Å²) in [7, 11) is 3.14. The molecule has 0 aromatic heterocycles. The van der Waals surface area contributed by atoms with Crippen molar-refractivity contribution in [3.63, 3.8) is 0 Å². The van der Waals surface area contributed by atoms with Gasteiger partial charge in [-0.25, -0.2) is 0 Å². The summed E-state index contributed by atoms with van der Waals surface area (Å²) < 4.78 is 10.0. The largest absolute Gasteiger partial charge is 0.496 e. The molecule has 6 nitrogen and oxygen atoms in total. The third-order valence-electron chi connectivity index (χ3n) is 2.65. The molecule has 2 amide bonds. The number of methoxy groups -OCH3 is 2. The van der Waals surface area contributed by atoms with E-state index >= 15 is 0 Å². The fraction of sp³-hybridized carbons (Fsp3) is 0.429. The van der Waals surface area contributed by atoms with Crippen LogP contribution >= 0.6 is 0 Å². The predicted molar refractivity (Wildman–Crippen MR) is 74.3 cm³/mol. The first-order valence-corrected chi connectivity index (χ1v) is 6.36. The van der Waals surface area contributed by atoms with Crippen molar-refractivity contribution in [2.45, 2.75) is 13.0 Å². The first kappa shape index (κ1) is 16.0. The predicted octanol–water partition coefficient (Wildman–Crippen LogP) is 0.464. The van der Waals surface area contributed by atoms with Gasteiger partial charge in [0.1, 0.15) is 5.75 Å². The molecule has 1 aromatic carbocycles. The van der Waals surface area contributed by atoms with Crippen LogP contribution in [0.2, 0.25) is 0 Å². The second-order valence-corrected chi connectivity index (χ2v) is 4.10. The van der Waals surface area contributed by atoms with Crippen LogP contribution in [0.5, 0.6) is 5.75 Å². The van der Waals surface area contributed by atoms with Crippen LogP contribution in [0.25, 0.3) is 0 Å². The number of benzene rings is 1. The van der Waals surface area contributed by atoms with Crippen LogP contribution in [0.3, 0.4) is 0 Å². The number of hydrogen-bond acceptors (Lipinski definition) is 4. The van der Waals surface area contributed by atoms with Crippen LogP contribution in [0.4, 0.5) is 0 Å². The Morgan fingerprint density at radius 2 is 1.80 bits per heavy atom. The third-order valence-corrected chi connectivity index (χ3v) is 2.65. The van der Waals surface area contributed by atoms with Gasteiger partial charge in [-0.1, -0.05) is 18.2 Å². The van der Waals surface area contributed by atoms with Crippen LogP contribution in [0, 0.1) is 0 Å². The molecule has 0 aliphatic carbocycles.